The molecule has 0 spiro atoms. The van der Waals surface area contributed by atoms with Crippen molar-refractivity contribution in [1.82, 2.24) is 15.1 Å². The largest absolute Gasteiger partial charge is 0.383 e. The molecule has 0 aromatic heterocycles. The van der Waals surface area contributed by atoms with Crippen LogP contribution in [0, 0.1) is 0 Å². The first kappa shape index (κ1) is 21.9. The highest BCUT2D eigenvalue weighted by atomic mass is 127. The minimum Gasteiger partial charge on any atom is -0.383 e. The Labute approximate surface area is 163 Å². The zero-order valence-corrected chi connectivity index (χ0v) is 17.2. The monoisotopic (exact) mass is 455 g/mol. The normalized spacial score (nSPS) is 23.2. The summed E-state index contributed by atoms with van der Waals surface area (Å²) in [4.78, 5) is 9.41. The molecule has 0 amide bonds. The Kier molecular flexibility index (Phi) is 11.9. The summed E-state index contributed by atoms with van der Waals surface area (Å²) < 4.78 is 10.5. The zero-order chi connectivity index (χ0) is 16.3. The Bertz CT molecular complexity index is 353. The van der Waals surface area contributed by atoms with Crippen molar-refractivity contribution in [2.45, 2.75) is 25.3 Å². The van der Waals surface area contributed by atoms with Gasteiger partial charge in [0.2, 0.25) is 0 Å². The lowest BCUT2D eigenvalue weighted by Gasteiger charge is -2.26. The van der Waals surface area contributed by atoms with E-state index in [0.29, 0.717) is 12.0 Å². The van der Waals surface area contributed by atoms with Gasteiger partial charge in [0.15, 0.2) is 5.96 Å². The fourth-order valence-electron chi connectivity index (χ4n) is 3.21. The van der Waals surface area contributed by atoms with E-state index in [0.717, 1.165) is 72.1 Å². The molecule has 0 saturated carbocycles. The van der Waals surface area contributed by atoms with Crippen molar-refractivity contribution in [2.75, 3.05) is 72.7 Å². The molecule has 0 bridgehead atoms. The van der Waals surface area contributed by atoms with Crippen LogP contribution in [0.4, 0.5) is 0 Å². The number of nitrogens with zero attached hydrogens (tertiary/aromatic N) is 3. The van der Waals surface area contributed by atoms with E-state index < -0.39 is 0 Å². The number of nitrogens with two attached hydrogens (primary N) is 1. The van der Waals surface area contributed by atoms with Gasteiger partial charge in [0.1, 0.15) is 0 Å². The molecule has 0 aromatic rings. The Morgan fingerprint density at radius 1 is 1.29 bits per heavy atom. The lowest BCUT2D eigenvalue weighted by molar-refractivity contribution is 0.0376. The maximum atomic E-state index is 5.98. The average molecular weight is 455 g/mol. The molecule has 1 atom stereocenters. The molecule has 3 N–H and O–H groups in total. The van der Waals surface area contributed by atoms with Crippen LogP contribution < -0.4 is 11.1 Å². The van der Waals surface area contributed by atoms with Crippen molar-refractivity contribution in [3.8, 4) is 0 Å². The molecule has 2 aliphatic heterocycles. The molecule has 0 radical (unpaired) electrons. The Hall–Kier alpha value is -0.160. The van der Waals surface area contributed by atoms with Gasteiger partial charge < -0.3 is 20.5 Å². The highest BCUT2D eigenvalue weighted by molar-refractivity contribution is 14.0. The summed E-state index contributed by atoms with van der Waals surface area (Å²) >= 11 is 0. The molecule has 2 aliphatic rings. The first-order valence-corrected chi connectivity index (χ1v) is 8.86. The topological polar surface area (TPSA) is 75.3 Å². The number of aliphatic imine (C=N–C) groups is 1. The molecular formula is C16H34IN5O2. The molecule has 7 nitrogen and oxygen atoms in total. The van der Waals surface area contributed by atoms with Gasteiger partial charge in [-0.25, -0.2) is 0 Å². The van der Waals surface area contributed by atoms with Gasteiger partial charge in [-0.05, 0) is 32.4 Å². The Morgan fingerprint density at radius 3 is 2.83 bits per heavy atom. The number of ether oxygens (including phenoxy) is 2. The third kappa shape index (κ3) is 8.28. The van der Waals surface area contributed by atoms with E-state index in [9.17, 15) is 0 Å². The molecule has 8 heteroatoms. The van der Waals surface area contributed by atoms with Crippen LogP contribution in [0.15, 0.2) is 4.99 Å². The Balaban J connectivity index is 0.00000288. The van der Waals surface area contributed by atoms with Crippen LogP contribution in [0.5, 0.6) is 0 Å². The van der Waals surface area contributed by atoms with Gasteiger partial charge in [-0.15, -0.1) is 24.0 Å². The molecule has 2 saturated heterocycles. The fraction of sp³-hybridized carbons (Fsp3) is 0.938. The second-order valence-electron chi connectivity index (χ2n) is 6.29. The minimum absolute atomic E-state index is 0. The zero-order valence-electron chi connectivity index (χ0n) is 14.9. The summed E-state index contributed by atoms with van der Waals surface area (Å²) in [5, 5.41) is 3.23. The highest BCUT2D eigenvalue weighted by Crippen LogP contribution is 2.16. The average Bonchev–Trinajstić information content (AvgIpc) is 3.03. The van der Waals surface area contributed by atoms with Crippen molar-refractivity contribution in [1.29, 1.82) is 0 Å². The number of guanidine groups is 1. The number of likely N-dealkylation sites (tertiary alicyclic amines) is 1. The van der Waals surface area contributed by atoms with E-state index in [2.05, 4.69) is 20.1 Å². The predicted octanol–water partition coefficient (Wildman–Crippen LogP) is 0.342. The van der Waals surface area contributed by atoms with E-state index in [1.54, 1.807) is 7.11 Å². The predicted molar refractivity (Wildman–Crippen MR) is 108 cm³/mol. The Morgan fingerprint density at radius 2 is 2.08 bits per heavy atom. The summed E-state index contributed by atoms with van der Waals surface area (Å²) in [6.45, 7) is 9.49. The molecular weight excluding hydrogens is 421 g/mol. The van der Waals surface area contributed by atoms with Gasteiger partial charge >= 0.3 is 0 Å². The molecule has 2 rings (SSSR count). The van der Waals surface area contributed by atoms with Gasteiger partial charge in [0, 0.05) is 39.3 Å². The van der Waals surface area contributed by atoms with E-state index in [1.165, 1.54) is 12.8 Å². The number of methoxy groups -OCH3 is 1. The summed E-state index contributed by atoms with van der Waals surface area (Å²) in [6.07, 6.45) is 3.54. The van der Waals surface area contributed by atoms with Gasteiger partial charge in [0.25, 0.3) is 0 Å². The van der Waals surface area contributed by atoms with Crippen molar-refractivity contribution in [3.63, 3.8) is 0 Å². The van der Waals surface area contributed by atoms with E-state index in [-0.39, 0.29) is 24.0 Å². The van der Waals surface area contributed by atoms with Gasteiger partial charge in [0.05, 0.1) is 26.4 Å². The fourth-order valence-corrected chi connectivity index (χ4v) is 3.21. The van der Waals surface area contributed by atoms with Crippen molar-refractivity contribution in [3.05, 3.63) is 0 Å². The first-order valence-electron chi connectivity index (χ1n) is 8.86. The van der Waals surface area contributed by atoms with Crippen LogP contribution in [0.2, 0.25) is 0 Å². The molecule has 2 heterocycles. The smallest absolute Gasteiger partial charge is 0.188 e. The third-order valence-corrected chi connectivity index (χ3v) is 4.62. The maximum absolute atomic E-state index is 5.98. The molecule has 142 valence electrons. The van der Waals surface area contributed by atoms with Crippen LogP contribution in [0.1, 0.15) is 19.3 Å². The molecule has 0 aromatic carbocycles. The van der Waals surface area contributed by atoms with E-state index in [1.807, 2.05) is 0 Å². The van der Waals surface area contributed by atoms with Crippen molar-refractivity contribution >= 4 is 29.9 Å². The van der Waals surface area contributed by atoms with Gasteiger partial charge in [-0.2, -0.15) is 0 Å². The third-order valence-electron chi connectivity index (χ3n) is 4.62. The lowest BCUT2D eigenvalue weighted by atomic mass is 10.2. The molecule has 1 unspecified atom stereocenters. The summed E-state index contributed by atoms with van der Waals surface area (Å²) in [6, 6.07) is 0.513. The minimum atomic E-state index is 0. The SMILES string of the molecule is COCCN1CCCC1CN=C(N)NCCCN1CCOCC1.I. The highest BCUT2D eigenvalue weighted by Gasteiger charge is 2.23. The molecule has 0 aliphatic carbocycles. The number of hydrogen-bond acceptors (Lipinski definition) is 5. The first-order chi connectivity index (χ1) is 11.3. The molecule has 24 heavy (non-hydrogen) atoms. The summed E-state index contributed by atoms with van der Waals surface area (Å²) in [5.74, 6) is 0.575. The van der Waals surface area contributed by atoms with Crippen molar-refractivity contribution in [2.24, 2.45) is 10.7 Å². The second-order valence-corrected chi connectivity index (χ2v) is 6.29. The van der Waals surface area contributed by atoms with Crippen molar-refractivity contribution < 1.29 is 9.47 Å². The standard InChI is InChI=1S/C16H33N5O2.HI/c1-22-11-10-21-7-2-4-15(21)14-19-16(17)18-5-3-6-20-8-12-23-13-9-20;/h15H,2-14H2,1H3,(H3,17,18,19);1H. The van der Waals surface area contributed by atoms with Crippen LogP contribution >= 0.6 is 24.0 Å². The summed E-state index contributed by atoms with van der Waals surface area (Å²) in [7, 11) is 1.75. The molecule has 2 fully saturated rings. The van der Waals surface area contributed by atoms with E-state index in [4.69, 9.17) is 15.2 Å². The second kappa shape index (κ2) is 13.1. The van der Waals surface area contributed by atoms with Crippen LogP contribution in [-0.4, -0.2) is 94.5 Å². The van der Waals surface area contributed by atoms with Crippen LogP contribution in [-0.2, 0) is 9.47 Å². The number of halogens is 1. The number of hydrogen-bond donors (Lipinski definition) is 2. The number of morpholine rings is 1. The van der Waals surface area contributed by atoms with Crippen LogP contribution in [0.3, 0.4) is 0 Å². The summed E-state index contributed by atoms with van der Waals surface area (Å²) in [5.41, 5.74) is 5.98. The number of nitrogens with one attached hydrogen (secondary N) is 1. The van der Waals surface area contributed by atoms with Gasteiger partial charge in [-0.3, -0.25) is 14.8 Å². The number of rotatable bonds is 9. The van der Waals surface area contributed by atoms with Gasteiger partial charge in [-0.1, -0.05) is 0 Å². The quantitative estimate of drug-likeness (QED) is 0.226. The van der Waals surface area contributed by atoms with Crippen LogP contribution in [0.25, 0.3) is 0 Å². The van der Waals surface area contributed by atoms with E-state index >= 15 is 0 Å². The maximum Gasteiger partial charge on any atom is 0.188 e. The lowest BCUT2D eigenvalue weighted by Crippen LogP contribution is -2.39.